The van der Waals surface area contributed by atoms with Gasteiger partial charge in [-0.2, -0.15) is 0 Å². The molecule has 0 bridgehead atoms. The van der Waals surface area contributed by atoms with Crippen molar-refractivity contribution in [3.8, 4) is 5.75 Å². The molecule has 1 unspecified atom stereocenters. The van der Waals surface area contributed by atoms with E-state index < -0.39 is 0 Å². The number of ether oxygens (including phenoxy) is 1. The van der Waals surface area contributed by atoms with Crippen molar-refractivity contribution in [3.05, 3.63) is 63.6 Å². The van der Waals surface area contributed by atoms with Crippen LogP contribution in [0.5, 0.6) is 5.75 Å². The minimum atomic E-state index is 0.0731. The van der Waals surface area contributed by atoms with Crippen molar-refractivity contribution < 1.29 is 4.74 Å². The summed E-state index contributed by atoms with van der Waals surface area (Å²) in [5, 5.41) is 0.751. The average molecular weight is 355 g/mol. The second kappa shape index (κ2) is 7.67. The molecule has 2 N–H and O–H groups in total. The monoisotopic (exact) mass is 353 g/mol. The fraction of sp³-hybridized carbons (Fsp3) is 0.250. The van der Waals surface area contributed by atoms with E-state index in [2.05, 4.69) is 15.9 Å². The Hall–Kier alpha value is -1.03. The van der Waals surface area contributed by atoms with Gasteiger partial charge in [-0.1, -0.05) is 39.7 Å². The molecule has 0 aliphatic heterocycles. The first kappa shape index (κ1) is 15.4. The van der Waals surface area contributed by atoms with Crippen LogP contribution >= 0.6 is 27.5 Å². The summed E-state index contributed by atoms with van der Waals surface area (Å²) in [6, 6.07) is 15.7. The molecule has 2 nitrogen and oxygen atoms in total. The molecule has 2 aromatic rings. The Kier molecular flexibility index (Phi) is 5.89. The van der Waals surface area contributed by atoms with Crippen LogP contribution in [-0.2, 0) is 6.42 Å². The molecule has 0 aromatic heterocycles. The molecule has 0 radical (unpaired) electrons. The van der Waals surface area contributed by atoms with E-state index >= 15 is 0 Å². The zero-order valence-electron chi connectivity index (χ0n) is 11.1. The van der Waals surface area contributed by atoms with Crippen LogP contribution in [0.4, 0.5) is 0 Å². The molecule has 0 aliphatic carbocycles. The van der Waals surface area contributed by atoms with Gasteiger partial charge in [0, 0.05) is 15.5 Å². The van der Waals surface area contributed by atoms with Crippen molar-refractivity contribution in [2.24, 2.45) is 5.73 Å². The smallest absolute Gasteiger partial charge is 0.119 e. The molecule has 0 saturated heterocycles. The van der Waals surface area contributed by atoms with Crippen molar-refractivity contribution in [2.75, 3.05) is 6.61 Å². The molecule has 0 fully saturated rings. The van der Waals surface area contributed by atoms with E-state index in [4.69, 9.17) is 22.1 Å². The quantitative estimate of drug-likeness (QED) is 0.832. The zero-order valence-corrected chi connectivity index (χ0v) is 13.4. The topological polar surface area (TPSA) is 35.2 Å². The zero-order chi connectivity index (χ0) is 14.4. The van der Waals surface area contributed by atoms with Crippen LogP contribution in [-0.4, -0.2) is 12.6 Å². The number of halogens is 2. The van der Waals surface area contributed by atoms with E-state index in [1.165, 1.54) is 0 Å². The van der Waals surface area contributed by atoms with Crippen molar-refractivity contribution >= 4 is 27.5 Å². The Labute approximate surface area is 133 Å². The Morgan fingerprint density at radius 3 is 2.60 bits per heavy atom. The van der Waals surface area contributed by atoms with E-state index in [0.29, 0.717) is 6.61 Å². The largest absolute Gasteiger partial charge is 0.494 e. The predicted octanol–water partition coefficient (Wildman–Crippen LogP) is 4.44. The third-order valence-corrected chi connectivity index (χ3v) is 3.72. The van der Waals surface area contributed by atoms with Gasteiger partial charge in [0.1, 0.15) is 5.75 Å². The molecule has 20 heavy (non-hydrogen) atoms. The van der Waals surface area contributed by atoms with Crippen LogP contribution in [0.15, 0.2) is 53.0 Å². The molecular formula is C16H17BrClNO. The van der Waals surface area contributed by atoms with Crippen molar-refractivity contribution in [1.29, 1.82) is 0 Å². The van der Waals surface area contributed by atoms with E-state index in [1.54, 1.807) is 0 Å². The molecule has 0 saturated carbocycles. The summed E-state index contributed by atoms with van der Waals surface area (Å²) in [5.41, 5.74) is 7.27. The standard InChI is InChI=1S/C16H17BrClNO/c17-13-4-6-16(7-5-13)20-9-8-15(19)11-12-2-1-3-14(18)10-12/h1-7,10,15H,8-9,11,19H2. The molecule has 2 rings (SSSR count). The summed E-state index contributed by atoms with van der Waals surface area (Å²) in [7, 11) is 0. The van der Waals surface area contributed by atoms with Gasteiger partial charge in [0.25, 0.3) is 0 Å². The molecule has 0 spiro atoms. The van der Waals surface area contributed by atoms with Gasteiger partial charge in [-0.25, -0.2) is 0 Å². The predicted molar refractivity (Wildman–Crippen MR) is 87.4 cm³/mol. The van der Waals surface area contributed by atoms with Crippen LogP contribution in [0.25, 0.3) is 0 Å². The highest BCUT2D eigenvalue weighted by atomic mass is 79.9. The van der Waals surface area contributed by atoms with Gasteiger partial charge in [0.2, 0.25) is 0 Å². The van der Waals surface area contributed by atoms with E-state index in [9.17, 15) is 0 Å². The van der Waals surface area contributed by atoms with Crippen LogP contribution in [0.1, 0.15) is 12.0 Å². The van der Waals surface area contributed by atoms with E-state index in [-0.39, 0.29) is 6.04 Å². The fourth-order valence-electron chi connectivity index (χ4n) is 1.93. The normalized spacial score (nSPS) is 12.2. The van der Waals surface area contributed by atoms with Gasteiger partial charge in [-0.3, -0.25) is 0 Å². The van der Waals surface area contributed by atoms with Crippen LogP contribution in [0.2, 0.25) is 5.02 Å². The maximum absolute atomic E-state index is 6.11. The Balaban J connectivity index is 1.75. The van der Waals surface area contributed by atoms with Gasteiger partial charge >= 0.3 is 0 Å². The molecule has 4 heteroatoms. The summed E-state index contributed by atoms with van der Waals surface area (Å²) >= 11 is 9.35. The second-order valence-corrected chi connectivity index (χ2v) is 6.04. The number of benzene rings is 2. The van der Waals surface area contributed by atoms with E-state index in [1.807, 2.05) is 48.5 Å². The molecule has 0 aliphatic rings. The third-order valence-electron chi connectivity index (χ3n) is 2.96. The molecule has 0 amide bonds. The minimum Gasteiger partial charge on any atom is -0.494 e. The number of hydrogen-bond acceptors (Lipinski definition) is 2. The number of hydrogen-bond donors (Lipinski definition) is 1. The Morgan fingerprint density at radius 2 is 1.90 bits per heavy atom. The van der Waals surface area contributed by atoms with Crippen molar-refractivity contribution in [3.63, 3.8) is 0 Å². The molecule has 1 atom stereocenters. The fourth-order valence-corrected chi connectivity index (χ4v) is 2.40. The lowest BCUT2D eigenvalue weighted by atomic mass is 10.0. The third kappa shape index (κ3) is 5.16. The minimum absolute atomic E-state index is 0.0731. The van der Waals surface area contributed by atoms with Gasteiger partial charge in [0.15, 0.2) is 0 Å². The van der Waals surface area contributed by atoms with Crippen LogP contribution in [0.3, 0.4) is 0 Å². The first-order valence-corrected chi connectivity index (χ1v) is 7.69. The summed E-state index contributed by atoms with van der Waals surface area (Å²) < 4.78 is 6.71. The SMILES string of the molecule is NC(CCOc1ccc(Br)cc1)Cc1cccc(Cl)c1. The molecular weight excluding hydrogens is 338 g/mol. The average Bonchev–Trinajstić information content (AvgIpc) is 2.41. The van der Waals surface area contributed by atoms with Gasteiger partial charge in [-0.15, -0.1) is 0 Å². The highest BCUT2D eigenvalue weighted by molar-refractivity contribution is 9.10. The van der Waals surface area contributed by atoms with Crippen LogP contribution in [0, 0.1) is 0 Å². The van der Waals surface area contributed by atoms with Gasteiger partial charge in [-0.05, 0) is 54.8 Å². The lowest BCUT2D eigenvalue weighted by molar-refractivity contribution is 0.297. The first-order chi connectivity index (χ1) is 9.63. The summed E-state index contributed by atoms with van der Waals surface area (Å²) in [4.78, 5) is 0. The van der Waals surface area contributed by atoms with Crippen molar-refractivity contribution in [2.45, 2.75) is 18.9 Å². The Morgan fingerprint density at radius 1 is 1.15 bits per heavy atom. The molecule has 106 valence electrons. The Bertz CT molecular complexity index is 544. The van der Waals surface area contributed by atoms with E-state index in [0.717, 1.165) is 33.6 Å². The van der Waals surface area contributed by atoms with Crippen molar-refractivity contribution in [1.82, 2.24) is 0 Å². The lowest BCUT2D eigenvalue weighted by Crippen LogP contribution is -2.25. The number of rotatable bonds is 6. The lowest BCUT2D eigenvalue weighted by Gasteiger charge is -2.13. The molecule has 0 heterocycles. The highest BCUT2D eigenvalue weighted by Crippen LogP contribution is 2.17. The first-order valence-electron chi connectivity index (χ1n) is 6.52. The van der Waals surface area contributed by atoms with Gasteiger partial charge in [0.05, 0.1) is 6.61 Å². The molecule has 2 aromatic carbocycles. The maximum atomic E-state index is 6.11. The second-order valence-electron chi connectivity index (χ2n) is 4.69. The summed E-state index contributed by atoms with van der Waals surface area (Å²) in [6.45, 7) is 0.614. The van der Waals surface area contributed by atoms with Crippen LogP contribution < -0.4 is 10.5 Å². The summed E-state index contributed by atoms with van der Waals surface area (Å²) in [6.07, 6.45) is 1.62. The summed E-state index contributed by atoms with van der Waals surface area (Å²) in [5.74, 6) is 0.864. The maximum Gasteiger partial charge on any atom is 0.119 e. The van der Waals surface area contributed by atoms with Gasteiger partial charge < -0.3 is 10.5 Å². The highest BCUT2D eigenvalue weighted by Gasteiger charge is 2.05. The number of nitrogens with two attached hydrogens (primary N) is 1.